The Hall–Kier alpha value is -1.56. The van der Waals surface area contributed by atoms with Crippen molar-refractivity contribution in [1.82, 2.24) is 20.4 Å². The van der Waals surface area contributed by atoms with Gasteiger partial charge in [0, 0.05) is 32.6 Å². The lowest BCUT2D eigenvalue weighted by molar-refractivity contribution is 0.180. The summed E-state index contributed by atoms with van der Waals surface area (Å²) in [5.41, 5.74) is 3.39. The van der Waals surface area contributed by atoms with E-state index in [2.05, 4.69) is 32.8 Å². The predicted octanol–water partition coefficient (Wildman–Crippen LogP) is 2.06. The minimum absolute atomic E-state index is 0.101. The van der Waals surface area contributed by atoms with E-state index in [1.165, 1.54) is 38.0 Å². The summed E-state index contributed by atoms with van der Waals surface area (Å²) in [6.45, 7) is 5.53. The van der Waals surface area contributed by atoms with Gasteiger partial charge in [0.05, 0.1) is 11.7 Å². The van der Waals surface area contributed by atoms with Gasteiger partial charge >= 0.3 is 0 Å². The van der Waals surface area contributed by atoms with E-state index < -0.39 is 0 Å². The minimum Gasteiger partial charge on any atom is -0.391 e. The third-order valence-corrected chi connectivity index (χ3v) is 5.29. The second-order valence-electron chi connectivity index (χ2n) is 6.72. The van der Waals surface area contributed by atoms with Crippen molar-refractivity contribution < 1.29 is 0 Å². The molecule has 2 N–H and O–H groups in total. The van der Waals surface area contributed by atoms with Crippen LogP contribution in [0.1, 0.15) is 12.8 Å². The summed E-state index contributed by atoms with van der Waals surface area (Å²) >= 11 is 6.25. The summed E-state index contributed by atoms with van der Waals surface area (Å²) in [6.07, 6.45) is 12.7. The predicted molar refractivity (Wildman–Crippen MR) is 106 cm³/mol. The Morgan fingerprint density at radius 3 is 2.96 bits per heavy atom. The molecule has 0 bridgehead atoms. The van der Waals surface area contributed by atoms with E-state index in [0.29, 0.717) is 0 Å². The van der Waals surface area contributed by atoms with Crippen LogP contribution < -0.4 is 10.6 Å². The van der Waals surface area contributed by atoms with Crippen molar-refractivity contribution in [2.75, 3.05) is 46.8 Å². The highest BCUT2D eigenvalue weighted by Crippen LogP contribution is 2.28. The molecule has 5 nitrogen and oxygen atoms in total. The van der Waals surface area contributed by atoms with Gasteiger partial charge < -0.3 is 20.4 Å². The summed E-state index contributed by atoms with van der Waals surface area (Å²) in [4.78, 5) is 9.17. The van der Waals surface area contributed by atoms with Crippen LogP contribution in [0.15, 0.2) is 51.4 Å². The van der Waals surface area contributed by atoms with Gasteiger partial charge in [-0.1, -0.05) is 11.6 Å². The van der Waals surface area contributed by atoms with Crippen LogP contribution in [0.2, 0.25) is 0 Å². The van der Waals surface area contributed by atoms with Gasteiger partial charge in [-0.2, -0.15) is 0 Å². The van der Waals surface area contributed by atoms with Gasteiger partial charge in [0.15, 0.2) is 0 Å². The van der Waals surface area contributed by atoms with E-state index in [0.717, 1.165) is 29.5 Å². The molecule has 1 fully saturated rings. The van der Waals surface area contributed by atoms with E-state index in [-0.39, 0.29) is 6.04 Å². The first-order valence-electron chi connectivity index (χ1n) is 9.05. The number of likely N-dealkylation sites (N-methyl/N-ethyl adjacent to an activating group) is 2. The Labute approximate surface area is 155 Å². The summed E-state index contributed by atoms with van der Waals surface area (Å²) in [7, 11) is 3.97. The van der Waals surface area contributed by atoms with Crippen molar-refractivity contribution in [2.45, 2.75) is 18.9 Å². The van der Waals surface area contributed by atoms with Crippen LogP contribution in [0.4, 0.5) is 0 Å². The Morgan fingerprint density at radius 1 is 1.40 bits per heavy atom. The SMILES string of the molecule is CNC/C(=C\NCCCN1CCC1)C1=CC2C(=CC=C(Cl)N2C)N=C1. The molecular weight excluding hydrogens is 334 g/mol. The lowest BCUT2D eigenvalue weighted by atomic mass is 9.98. The molecular formula is C19H28ClN5. The summed E-state index contributed by atoms with van der Waals surface area (Å²) in [5, 5.41) is 7.46. The Bertz CT molecular complexity index is 628. The second-order valence-corrected chi connectivity index (χ2v) is 7.11. The number of hydrogen-bond acceptors (Lipinski definition) is 5. The number of rotatable bonds is 8. The van der Waals surface area contributed by atoms with Crippen LogP contribution in [0, 0.1) is 0 Å². The van der Waals surface area contributed by atoms with Gasteiger partial charge in [0.25, 0.3) is 0 Å². The molecule has 3 heterocycles. The van der Waals surface area contributed by atoms with E-state index in [1.54, 1.807) is 0 Å². The maximum Gasteiger partial charge on any atom is 0.105 e. The van der Waals surface area contributed by atoms with Crippen LogP contribution >= 0.6 is 11.6 Å². The van der Waals surface area contributed by atoms with Crippen LogP contribution in [0.3, 0.4) is 0 Å². The number of hydrogen-bond donors (Lipinski definition) is 2. The van der Waals surface area contributed by atoms with Crippen LogP contribution in [-0.4, -0.2) is 68.9 Å². The molecule has 0 saturated carbocycles. The molecule has 0 aromatic rings. The zero-order valence-corrected chi connectivity index (χ0v) is 15.9. The van der Waals surface area contributed by atoms with E-state index in [1.807, 2.05) is 37.4 Å². The van der Waals surface area contributed by atoms with Crippen molar-refractivity contribution in [1.29, 1.82) is 0 Å². The first-order valence-corrected chi connectivity index (χ1v) is 9.42. The van der Waals surface area contributed by atoms with Crippen LogP contribution in [0.5, 0.6) is 0 Å². The molecule has 3 rings (SSSR count). The molecule has 25 heavy (non-hydrogen) atoms. The lowest BCUT2D eigenvalue weighted by Gasteiger charge is -2.32. The monoisotopic (exact) mass is 361 g/mol. The molecule has 6 heteroatoms. The largest absolute Gasteiger partial charge is 0.391 e. The van der Waals surface area contributed by atoms with Gasteiger partial charge in [-0.05, 0) is 68.9 Å². The molecule has 0 aromatic carbocycles. The average Bonchev–Trinajstić information content (AvgIpc) is 2.58. The number of dihydropyridines is 1. The second kappa shape index (κ2) is 8.70. The first kappa shape index (κ1) is 18.2. The molecule has 1 unspecified atom stereocenters. The number of nitrogens with one attached hydrogen (secondary N) is 2. The quantitative estimate of drug-likeness (QED) is 0.513. The lowest BCUT2D eigenvalue weighted by Crippen LogP contribution is -2.38. The molecule has 3 aliphatic rings. The number of nitrogens with zero attached hydrogens (tertiary/aromatic N) is 3. The topological polar surface area (TPSA) is 42.9 Å². The Kier molecular flexibility index (Phi) is 6.34. The number of likely N-dealkylation sites (tertiary alicyclic amines) is 1. The Balaban J connectivity index is 1.60. The van der Waals surface area contributed by atoms with Gasteiger partial charge in [-0.25, -0.2) is 0 Å². The van der Waals surface area contributed by atoms with Gasteiger partial charge in [-0.3, -0.25) is 4.99 Å². The fourth-order valence-electron chi connectivity index (χ4n) is 3.20. The third-order valence-electron chi connectivity index (χ3n) is 4.90. The molecule has 0 spiro atoms. The smallest absolute Gasteiger partial charge is 0.105 e. The fourth-order valence-corrected chi connectivity index (χ4v) is 3.37. The number of fused-ring (bicyclic) bond motifs is 1. The summed E-state index contributed by atoms with van der Waals surface area (Å²) < 4.78 is 0. The van der Waals surface area contributed by atoms with Crippen molar-refractivity contribution in [3.63, 3.8) is 0 Å². The van der Waals surface area contributed by atoms with Gasteiger partial charge in [-0.15, -0.1) is 0 Å². The number of aliphatic imine (C=N–C) groups is 1. The molecule has 136 valence electrons. The van der Waals surface area contributed by atoms with Gasteiger partial charge in [0.1, 0.15) is 5.16 Å². The fraction of sp³-hybridized carbons (Fsp3) is 0.526. The van der Waals surface area contributed by atoms with E-state index in [9.17, 15) is 0 Å². The van der Waals surface area contributed by atoms with Crippen molar-refractivity contribution in [3.8, 4) is 0 Å². The first-order chi connectivity index (χ1) is 12.2. The van der Waals surface area contributed by atoms with Crippen molar-refractivity contribution in [2.24, 2.45) is 4.99 Å². The third kappa shape index (κ3) is 4.54. The highest BCUT2D eigenvalue weighted by atomic mass is 35.5. The molecule has 0 amide bonds. The summed E-state index contributed by atoms with van der Waals surface area (Å²) in [6, 6.07) is 0.101. The standard InChI is InChI=1S/C19H28ClN5/c1-21-12-16(13-22-7-3-8-25-9-4-10-25)15-11-18-17(23-14-15)5-6-19(20)24(18)2/h5-6,11,13-14,18,21-22H,3-4,7-10,12H2,1-2H3/b16-13+. The van der Waals surface area contributed by atoms with E-state index >= 15 is 0 Å². The summed E-state index contributed by atoms with van der Waals surface area (Å²) in [5.74, 6) is 0. The number of halogens is 1. The normalized spacial score (nSPS) is 23.5. The van der Waals surface area contributed by atoms with Crippen molar-refractivity contribution in [3.05, 3.63) is 46.4 Å². The number of allylic oxidation sites excluding steroid dienone is 2. The molecule has 1 atom stereocenters. The molecule has 1 saturated heterocycles. The highest BCUT2D eigenvalue weighted by Gasteiger charge is 2.24. The molecule has 3 aliphatic heterocycles. The minimum atomic E-state index is 0.101. The molecule has 0 aromatic heterocycles. The van der Waals surface area contributed by atoms with Crippen molar-refractivity contribution >= 4 is 17.8 Å². The maximum absolute atomic E-state index is 6.25. The van der Waals surface area contributed by atoms with Crippen LogP contribution in [-0.2, 0) is 0 Å². The maximum atomic E-state index is 6.25. The Morgan fingerprint density at radius 2 is 2.24 bits per heavy atom. The molecule has 0 aliphatic carbocycles. The van der Waals surface area contributed by atoms with E-state index in [4.69, 9.17) is 11.6 Å². The zero-order chi connectivity index (χ0) is 17.6. The molecule has 0 radical (unpaired) electrons. The highest BCUT2D eigenvalue weighted by molar-refractivity contribution is 6.29. The van der Waals surface area contributed by atoms with Crippen LogP contribution in [0.25, 0.3) is 0 Å². The zero-order valence-electron chi connectivity index (χ0n) is 15.1. The average molecular weight is 362 g/mol. The van der Waals surface area contributed by atoms with Gasteiger partial charge in [0.2, 0.25) is 0 Å².